The fourth-order valence-electron chi connectivity index (χ4n) is 4.18. The highest BCUT2D eigenvalue weighted by Gasteiger charge is 2.30. The van der Waals surface area contributed by atoms with Crippen LogP contribution in [0.5, 0.6) is 0 Å². The van der Waals surface area contributed by atoms with Gasteiger partial charge in [-0.1, -0.05) is 11.3 Å². The molecular weight excluding hydrogens is 536 g/mol. The Kier molecular flexibility index (Phi) is 10.9. The number of ether oxygens (including phenoxy) is 3. The van der Waals surface area contributed by atoms with Gasteiger partial charge in [-0.2, -0.15) is 5.10 Å². The number of hydrogen-bond acceptors (Lipinski definition) is 11. The molecule has 1 aliphatic rings. The van der Waals surface area contributed by atoms with Gasteiger partial charge in [0.2, 0.25) is 11.8 Å². The number of carbonyl (C=O) groups is 3. The molecule has 3 amide bonds. The van der Waals surface area contributed by atoms with Crippen molar-refractivity contribution in [2.75, 3.05) is 51.5 Å². The van der Waals surface area contributed by atoms with Crippen LogP contribution in [0.25, 0.3) is 10.8 Å². The van der Waals surface area contributed by atoms with Crippen molar-refractivity contribution >= 4 is 34.2 Å². The zero-order valence-corrected chi connectivity index (χ0v) is 22.8. The Balaban J connectivity index is 1.08. The Hall–Kier alpha value is -4.21. The smallest absolute Gasteiger partial charge is 0.275 e. The molecule has 1 aliphatic heterocycles. The summed E-state index contributed by atoms with van der Waals surface area (Å²) in [5, 5.41) is 21.4. The summed E-state index contributed by atoms with van der Waals surface area (Å²) in [5.41, 5.74) is 1.03. The van der Waals surface area contributed by atoms with E-state index < -0.39 is 11.9 Å². The van der Waals surface area contributed by atoms with E-state index in [-0.39, 0.29) is 30.2 Å². The minimum Gasteiger partial charge on any atom is -0.382 e. The van der Waals surface area contributed by atoms with E-state index in [1.165, 1.54) is 6.92 Å². The standard InChI is InChI=1S/C26H34N8O7/c1-18(35)28-15-19-17-33(32-31-19)8-10-40-12-14-41-13-11-39-9-7-27-22-4-2-3-20-21(22)16-29-34(26(20)38)23-5-6-24(36)30-25(23)37/h2-4,16-17,23,27H,5-15H2,1H3,(H,28,35)(H,30,36,37). The summed E-state index contributed by atoms with van der Waals surface area (Å²) in [6.45, 7) is 5.47. The number of anilines is 1. The van der Waals surface area contributed by atoms with Crippen molar-refractivity contribution in [3.63, 3.8) is 0 Å². The summed E-state index contributed by atoms with van der Waals surface area (Å²) < 4.78 is 19.5. The predicted molar refractivity (Wildman–Crippen MR) is 146 cm³/mol. The van der Waals surface area contributed by atoms with Crippen molar-refractivity contribution in [1.82, 2.24) is 35.4 Å². The lowest BCUT2D eigenvalue weighted by atomic mass is 10.1. The lowest BCUT2D eigenvalue weighted by Crippen LogP contribution is -2.45. The maximum Gasteiger partial charge on any atom is 0.275 e. The number of piperidine rings is 1. The Labute approximate surface area is 235 Å². The molecule has 0 saturated carbocycles. The molecule has 15 heteroatoms. The summed E-state index contributed by atoms with van der Waals surface area (Å²) in [7, 11) is 0. The van der Waals surface area contributed by atoms with Crippen LogP contribution in [0, 0.1) is 0 Å². The average Bonchev–Trinajstić information content (AvgIpc) is 3.41. The van der Waals surface area contributed by atoms with Gasteiger partial charge in [0.05, 0.1) is 70.5 Å². The van der Waals surface area contributed by atoms with Crippen molar-refractivity contribution in [2.45, 2.75) is 38.9 Å². The Morgan fingerprint density at radius 3 is 2.56 bits per heavy atom. The first-order valence-electron chi connectivity index (χ1n) is 13.4. The molecule has 220 valence electrons. The molecular formula is C26H34N8O7. The van der Waals surface area contributed by atoms with E-state index in [0.29, 0.717) is 75.7 Å². The fourth-order valence-corrected chi connectivity index (χ4v) is 4.18. The third-order valence-corrected chi connectivity index (χ3v) is 6.24. The SMILES string of the molecule is CC(=O)NCc1cn(CCOCCOCCOCCNc2cccc3c(=O)n(C4CCC(=O)NC4=O)ncc23)nn1. The van der Waals surface area contributed by atoms with Crippen LogP contribution in [0.15, 0.2) is 35.4 Å². The maximum atomic E-state index is 13.0. The number of benzene rings is 1. The number of aromatic nitrogens is 5. The highest BCUT2D eigenvalue weighted by molar-refractivity contribution is 5.99. The van der Waals surface area contributed by atoms with Gasteiger partial charge in [0.25, 0.3) is 11.5 Å². The number of rotatable bonds is 16. The van der Waals surface area contributed by atoms with Crippen LogP contribution in [0.4, 0.5) is 5.69 Å². The molecule has 4 rings (SSSR count). The number of imide groups is 1. The molecule has 0 bridgehead atoms. The fraction of sp³-hybridized carbons (Fsp3) is 0.500. The molecule has 1 fully saturated rings. The van der Waals surface area contributed by atoms with Crippen molar-refractivity contribution in [1.29, 1.82) is 0 Å². The van der Waals surface area contributed by atoms with Crippen LogP contribution in [-0.4, -0.2) is 88.7 Å². The summed E-state index contributed by atoms with van der Waals surface area (Å²) in [6, 6.07) is 4.48. The Bertz CT molecular complexity index is 1410. The van der Waals surface area contributed by atoms with Crippen molar-refractivity contribution in [3.05, 3.63) is 46.6 Å². The lowest BCUT2D eigenvalue weighted by molar-refractivity contribution is -0.136. The van der Waals surface area contributed by atoms with Gasteiger partial charge >= 0.3 is 0 Å². The Morgan fingerprint density at radius 2 is 1.80 bits per heavy atom. The molecule has 0 radical (unpaired) electrons. The minimum atomic E-state index is -0.806. The predicted octanol–water partition coefficient (Wildman–Crippen LogP) is -0.236. The van der Waals surface area contributed by atoms with E-state index in [1.54, 1.807) is 29.2 Å². The molecule has 3 N–H and O–H groups in total. The van der Waals surface area contributed by atoms with Crippen molar-refractivity contribution in [2.24, 2.45) is 0 Å². The zero-order valence-electron chi connectivity index (χ0n) is 22.8. The van der Waals surface area contributed by atoms with Crippen LogP contribution >= 0.6 is 0 Å². The molecule has 3 aromatic rings. The number of fused-ring (bicyclic) bond motifs is 1. The highest BCUT2D eigenvalue weighted by atomic mass is 16.5. The van der Waals surface area contributed by atoms with Gasteiger partial charge in [-0.3, -0.25) is 24.5 Å². The summed E-state index contributed by atoms with van der Waals surface area (Å²) in [6.07, 6.45) is 3.72. The quantitative estimate of drug-likeness (QED) is 0.153. The maximum absolute atomic E-state index is 13.0. The molecule has 2 aromatic heterocycles. The first kappa shape index (κ1) is 29.8. The summed E-state index contributed by atoms with van der Waals surface area (Å²) in [5.74, 6) is -0.981. The monoisotopic (exact) mass is 570 g/mol. The minimum absolute atomic E-state index is 0.118. The van der Waals surface area contributed by atoms with Crippen LogP contribution in [0.2, 0.25) is 0 Å². The number of nitrogens with one attached hydrogen (secondary N) is 3. The van der Waals surface area contributed by atoms with E-state index in [9.17, 15) is 19.2 Å². The van der Waals surface area contributed by atoms with Crippen LogP contribution in [0.3, 0.4) is 0 Å². The molecule has 15 nitrogen and oxygen atoms in total. The van der Waals surface area contributed by atoms with E-state index in [0.717, 1.165) is 10.4 Å². The Morgan fingerprint density at radius 1 is 1.05 bits per heavy atom. The molecule has 0 aliphatic carbocycles. The zero-order chi connectivity index (χ0) is 29.0. The van der Waals surface area contributed by atoms with Gasteiger partial charge < -0.3 is 24.8 Å². The van der Waals surface area contributed by atoms with Crippen LogP contribution in [0.1, 0.15) is 31.5 Å². The van der Waals surface area contributed by atoms with Gasteiger partial charge in [0.1, 0.15) is 11.7 Å². The second-order valence-corrected chi connectivity index (χ2v) is 9.27. The molecule has 41 heavy (non-hydrogen) atoms. The van der Waals surface area contributed by atoms with Gasteiger partial charge in [0, 0.05) is 31.0 Å². The number of amides is 3. The van der Waals surface area contributed by atoms with E-state index in [2.05, 4.69) is 31.4 Å². The number of nitrogens with zero attached hydrogens (tertiary/aromatic N) is 5. The first-order valence-corrected chi connectivity index (χ1v) is 13.4. The van der Waals surface area contributed by atoms with E-state index in [4.69, 9.17) is 14.2 Å². The van der Waals surface area contributed by atoms with Gasteiger partial charge in [-0.15, -0.1) is 5.10 Å². The van der Waals surface area contributed by atoms with Gasteiger partial charge in [-0.25, -0.2) is 9.36 Å². The molecule has 1 aromatic carbocycles. The number of hydrogen-bond donors (Lipinski definition) is 3. The second kappa shape index (κ2) is 15.0. The topological polar surface area (TPSA) is 181 Å². The normalized spacial score (nSPS) is 15.2. The first-order chi connectivity index (χ1) is 19.9. The average molecular weight is 571 g/mol. The third kappa shape index (κ3) is 8.64. The van der Waals surface area contributed by atoms with Crippen LogP contribution < -0.4 is 21.5 Å². The summed E-state index contributed by atoms with van der Waals surface area (Å²) in [4.78, 5) is 47.6. The largest absolute Gasteiger partial charge is 0.382 e. The molecule has 3 heterocycles. The van der Waals surface area contributed by atoms with E-state index in [1.807, 2.05) is 6.07 Å². The highest BCUT2D eigenvalue weighted by Crippen LogP contribution is 2.22. The molecule has 0 spiro atoms. The van der Waals surface area contributed by atoms with Crippen molar-refractivity contribution in [3.8, 4) is 0 Å². The van der Waals surface area contributed by atoms with Crippen LogP contribution in [-0.2, 0) is 41.7 Å². The second-order valence-electron chi connectivity index (χ2n) is 9.27. The van der Waals surface area contributed by atoms with Gasteiger partial charge in [-0.05, 0) is 18.6 Å². The lowest BCUT2D eigenvalue weighted by Gasteiger charge is -2.22. The number of carbonyl (C=O) groups excluding carboxylic acids is 3. The van der Waals surface area contributed by atoms with Crippen molar-refractivity contribution < 1.29 is 28.6 Å². The molecule has 1 unspecified atom stereocenters. The summed E-state index contributed by atoms with van der Waals surface area (Å²) >= 11 is 0. The third-order valence-electron chi connectivity index (χ3n) is 6.24. The molecule has 1 saturated heterocycles. The van der Waals surface area contributed by atoms with E-state index >= 15 is 0 Å². The van der Waals surface area contributed by atoms with Gasteiger partial charge in [0.15, 0.2) is 0 Å². The molecule has 1 atom stereocenters.